The van der Waals surface area contributed by atoms with Gasteiger partial charge in [-0.1, -0.05) is 0 Å². The SMILES string of the molecule is COc1ccc(NCc2csc(C(=O)O)n2)cn1. The lowest BCUT2D eigenvalue weighted by atomic mass is 10.4. The van der Waals surface area contributed by atoms with Gasteiger partial charge >= 0.3 is 5.97 Å². The number of ether oxygens (including phenoxy) is 1. The first kappa shape index (κ1) is 12.3. The number of carbonyl (C=O) groups is 1. The van der Waals surface area contributed by atoms with Crippen LogP contribution in [0.25, 0.3) is 0 Å². The number of carboxylic acid groups (broad SMARTS) is 1. The van der Waals surface area contributed by atoms with Crippen LogP contribution in [0.15, 0.2) is 23.7 Å². The normalized spacial score (nSPS) is 10.1. The molecule has 2 rings (SSSR count). The van der Waals surface area contributed by atoms with Crippen molar-refractivity contribution in [3.05, 3.63) is 34.4 Å². The third-order valence-electron chi connectivity index (χ3n) is 2.15. The second-order valence-electron chi connectivity index (χ2n) is 3.39. The van der Waals surface area contributed by atoms with Crippen molar-refractivity contribution in [2.75, 3.05) is 12.4 Å². The number of methoxy groups -OCH3 is 1. The van der Waals surface area contributed by atoms with Crippen molar-refractivity contribution >= 4 is 23.0 Å². The van der Waals surface area contributed by atoms with Gasteiger partial charge in [0.05, 0.1) is 31.2 Å². The Kier molecular flexibility index (Phi) is 3.73. The number of hydrogen-bond acceptors (Lipinski definition) is 6. The van der Waals surface area contributed by atoms with Gasteiger partial charge in [-0.3, -0.25) is 0 Å². The summed E-state index contributed by atoms with van der Waals surface area (Å²) in [7, 11) is 1.55. The minimum atomic E-state index is -1.00. The molecule has 0 radical (unpaired) electrons. The molecule has 0 saturated heterocycles. The van der Waals surface area contributed by atoms with Crippen LogP contribution in [-0.2, 0) is 6.54 Å². The van der Waals surface area contributed by atoms with Gasteiger partial charge in [0.25, 0.3) is 0 Å². The lowest BCUT2D eigenvalue weighted by Crippen LogP contribution is -2.02. The summed E-state index contributed by atoms with van der Waals surface area (Å²) in [6, 6.07) is 3.57. The van der Waals surface area contributed by atoms with Gasteiger partial charge in [0.2, 0.25) is 10.9 Å². The molecule has 2 heterocycles. The number of nitrogens with zero attached hydrogens (tertiary/aromatic N) is 2. The first-order valence-corrected chi connectivity index (χ1v) is 5.98. The number of rotatable bonds is 5. The summed E-state index contributed by atoms with van der Waals surface area (Å²) in [5.41, 5.74) is 1.51. The van der Waals surface area contributed by atoms with E-state index >= 15 is 0 Å². The molecule has 2 aromatic rings. The third kappa shape index (κ3) is 2.95. The molecule has 6 nitrogen and oxygen atoms in total. The number of pyridine rings is 1. The summed E-state index contributed by atoms with van der Waals surface area (Å²) >= 11 is 1.11. The number of aromatic carboxylic acids is 1. The molecule has 18 heavy (non-hydrogen) atoms. The van der Waals surface area contributed by atoms with Crippen LogP contribution in [-0.4, -0.2) is 28.2 Å². The number of anilines is 1. The van der Waals surface area contributed by atoms with Crippen LogP contribution in [0.3, 0.4) is 0 Å². The number of thiazole rings is 1. The Balaban J connectivity index is 1.95. The van der Waals surface area contributed by atoms with Crippen molar-refractivity contribution in [1.29, 1.82) is 0 Å². The quantitative estimate of drug-likeness (QED) is 0.858. The van der Waals surface area contributed by atoms with Gasteiger partial charge in [-0.05, 0) is 6.07 Å². The first-order chi connectivity index (χ1) is 8.69. The lowest BCUT2D eigenvalue weighted by molar-refractivity contribution is 0.0696. The Bertz CT molecular complexity index is 539. The van der Waals surface area contributed by atoms with Gasteiger partial charge in [-0.15, -0.1) is 11.3 Å². The van der Waals surface area contributed by atoms with Crippen LogP contribution in [0.1, 0.15) is 15.5 Å². The van der Waals surface area contributed by atoms with Gasteiger partial charge < -0.3 is 15.2 Å². The number of aromatic nitrogens is 2. The molecule has 2 N–H and O–H groups in total. The molecule has 0 atom stereocenters. The molecule has 0 fully saturated rings. The van der Waals surface area contributed by atoms with E-state index < -0.39 is 5.97 Å². The summed E-state index contributed by atoms with van der Waals surface area (Å²) in [5, 5.41) is 13.7. The fourth-order valence-corrected chi connectivity index (χ4v) is 1.94. The summed E-state index contributed by atoms with van der Waals surface area (Å²) in [5.74, 6) is -0.459. The number of nitrogens with one attached hydrogen (secondary N) is 1. The van der Waals surface area contributed by atoms with Crippen LogP contribution in [0.5, 0.6) is 5.88 Å². The molecule has 0 saturated carbocycles. The Morgan fingerprint density at radius 2 is 2.39 bits per heavy atom. The van der Waals surface area contributed by atoms with Crippen LogP contribution >= 0.6 is 11.3 Å². The minimum absolute atomic E-state index is 0.0969. The van der Waals surface area contributed by atoms with Crippen LogP contribution in [0.2, 0.25) is 0 Å². The van der Waals surface area contributed by atoms with Crippen molar-refractivity contribution in [3.8, 4) is 5.88 Å². The van der Waals surface area contributed by atoms with Gasteiger partial charge in [-0.2, -0.15) is 0 Å². The van der Waals surface area contributed by atoms with Crippen LogP contribution < -0.4 is 10.1 Å². The summed E-state index contributed by atoms with van der Waals surface area (Å²) in [6.07, 6.45) is 1.64. The van der Waals surface area contributed by atoms with Gasteiger partial charge in [0.1, 0.15) is 0 Å². The third-order valence-corrected chi connectivity index (χ3v) is 3.03. The van der Waals surface area contributed by atoms with E-state index in [0.29, 0.717) is 18.1 Å². The topological polar surface area (TPSA) is 84.3 Å². The maximum absolute atomic E-state index is 10.7. The Labute approximate surface area is 107 Å². The Morgan fingerprint density at radius 1 is 1.56 bits per heavy atom. The fourth-order valence-electron chi connectivity index (χ4n) is 1.28. The van der Waals surface area contributed by atoms with E-state index in [4.69, 9.17) is 9.84 Å². The Hall–Kier alpha value is -2.15. The van der Waals surface area contributed by atoms with Crippen molar-refractivity contribution in [3.63, 3.8) is 0 Å². The largest absolute Gasteiger partial charge is 0.481 e. The highest BCUT2D eigenvalue weighted by Crippen LogP contribution is 2.14. The average Bonchev–Trinajstić information content (AvgIpc) is 2.86. The summed E-state index contributed by atoms with van der Waals surface area (Å²) < 4.78 is 4.95. The van der Waals surface area contributed by atoms with Gasteiger partial charge in [-0.25, -0.2) is 14.8 Å². The molecular formula is C11H11N3O3S. The van der Waals surface area contributed by atoms with Crippen molar-refractivity contribution < 1.29 is 14.6 Å². The number of carboxylic acids is 1. The van der Waals surface area contributed by atoms with Gasteiger partial charge in [0.15, 0.2) is 0 Å². The molecule has 0 aliphatic carbocycles. The second kappa shape index (κ2) is 5.46. The highest BCUT2D eigenvalue weighted by Gasteiger charge is 2.08. The standard InChI is InChI=1S/C11H11N3O3S/c1-17-9-3-2-7(4-13-9)12-5-8-6-18-10(14-8)11(15)16/h2-4,6,12H,5H2,1H3,(H,15,16). The molecule has 0 aliphatic rings. The smallest absolute Gasteiger partial charge is 0.365 e. The highest BCUT2D eigenvalue weighted by atomic mass is 32.1. The molecule has 0 bridgehead atoms. The van der Waals surface area contributed by atoms with E-state index in [-0.39, 0.29) is 5.01 Å². The molecule has 94 valence electrons. The molecule has 0 aliphatic heterocycles. The zero-order valence-corrected chi connectivity index (χ0v) is 10.4. The van der Waals surface area contributed by atoms with Crippen LogP contribution in [0, 0.1) is 0 Å². The monoisotopic (exact) mass is 265 g/mol. The second-order valence-corrected chi connectivity index (χ2v) is 4.25. The zero-order valence-electron chi connectivity index (χ0n) is 9.58. The minimum Gasteiger partial charge on any atom is -0.481 e. The zero-order chi connectivity index (χ0) is 13.0. The van der Waals surface area contributed by atoms with E-state index in [0.717, 1.165) is 17.0 Å². The van der Waals surface area contributed by atoms with E-state index in [1.807, 2.05) is 6.07 Å². The molecule has 0 amide bonds. The average molecular weight is 265 g/mol. The van der Waals surface area contributed by atoms with Crippen molar-refractivity contribution in [2.24, 2.45) is 0 Å². The van der Waals surface area contributed by atoms with E-state index in [1.165, 1.54) is 0 Å². The van der Waals surface area contributed by atoms with Crippen molar-refractivity contribution in [2.45, 2.75) is 6.54 Å². The predicted octanol–water partition coefficient (Wildman–Crippen LogP) is 1.86. The highest BCUT2D eigenvalue weighted by molar-refractivity contribution is 7.11. The molecule has 7 heteroatoms. The summed E-state index contributed by atoms with van der Waals surface area (Å²) in [6.45, 7) is 0.456. The summed E-state index contributed by atoms with van der Waals surface area (Å²) in [4.78, 5) is 18.7. The molecule has 2 aromatic heterocycles. The maximum Gasteiger partial charge on any atom is 0.365 e. The predicted molar refractivity (Wildman–Crippen MR) is 67.2 cm³/mol. The van der Waals surface area contributed by atoms with Gasteiger partial charge in [0, 0.05) is 11.4 Å². The fraction of sp³-hybridized carbons (Fsp3) is 0.182. The molecular weight excluding hydrogens is 254 g/mol. The van der Waals surface area contributed by atoms with Crippen molar-refractivity contribution in [1.82, 2.24) is 9.97 Å². The maximum atomic E-state index is 10.7. The molecule has 0 aromatic carbocycles. The van der Waals surface area contributed by atoms with Crippen LogP contribution in [0.4, 0.5) is 5.69 Å². The molecule has 0 unspecified atom stereocenters. The van der Waals surface area contributed by atoms with E-state index in [1.54, 1.807) is 24.8 Å². The van der Waals surface area contributed by atoms with E-state index in [2.05, 4.69) is 15.3 Å². The molecule has 0 spiro atoms. The van der Waals surface area contributed by atoms with E-state index in [9.17, 15) is 4.79 Å². The Morgan fingerprint density at radius 3 is 2.94 bits per heavy atom. The lowest BCUT2D eigenvalue weighted by Gasteiger charge is -2.04. The number of hydrogen-bond donors (Lipinski definition) is 2. The first-order valence-electron chi connectivity index (χ1n) is 5.10.